The second kappa shape index (κ2) is 12.6. The SMILES string of the molecule is CCC1(C(C/C=C/[C@@H]2[C@@H](CCCc3ccc(C(=O)OC)s3)CC[C@@H]2C#N)O[Si](C)(C)C(C)(C)C)CCC1. The van der Waals surface area contributed by atoms with Gasteiger partial charge in [0.15, 0.2) is 8.32 Å². The molecule has 0 aliphatic heterocycles. The number of carbonyl (C=O) groups is 1. The highest BCUT2D eigenvalue weighted by Gasteiger charge is 2.47. The number of nitriles is 1. The van der Waals surface area contributed by atoms with Crippen LogP contribution in [0.2, 0.25) is 18.1 Å². The van der Waals surface area contributed by atoms with Crippen molar-refractivity contribution >= 4 is 25.6 Å². The third-order valence-corrected chi connectivity index (χ3v) is 15.4. The summed E-state index contributed by atoms with van der Waals surface area (Å²) in [5.74, 6) is 0.769. The number of aryl methyl sites for hydroxylation is 1. The molecule has 2 aliphatic rings. The molecule has 1 aromatic heterocycles. The Morgan fingerprint density at radius 2 is 2.03 bits per heavy atom. The highest BCUT2D eigenvalue weighted by Crippen LogP contribution is 2.51. The molecule has 2 saturated carbocycles. The van der Waals surface area contributed by atoms with Gasteiger partial charge in [0.1, 0.15) is 4.88 Å². The van der Waals surface area contributed by atoms with Gasteiger partial charge in [-0.2, -0.15) is 5.26 Å². The summed E-state index contributed by atoms with van der Waals surface area (Å²) in [6.45, 7) is 14.1. The first-order chi connectivity index (χ1) is 17.5. The minimum absolute atomic E-state index is 0.123. The number of esters is 1. The summed E-state index contributed by atoms with van der Waals surface area (Å²) >= 11 is 1.54. The van der Waals surface area contributed by atoms with E-state index < -0.39 is 8.32 Å². The lowest BCUT2D eigenvalue weighted by molar-refractivity contribution is -0.0272. The molecular formula is C31H49NO3SSi. The van der Waals surface area contributed by atoms with Crippen molar-refractivity contribution in [2.24, 2.45) is 23.2 Å². The van der Waals surface area contributed by atoms with Crippen molar-refractivity contribution in [1.82, 2.24) is 0 Å². The number of thiophene rings is 1. The van der Waals surface area contributed by atoms with E-state index in [9.17, 15) is 10.1 Å². The Hall–Kier alpha value is -1.42. The molecule has 0 amide bonds. The van der Waals surface area contributed by atoms with Crippen LogP contribution in [0.1, 0.15) is 100 Å². The van der Waals surface area contributed by atoms with E-state index >= 15 is 0 Å². The molecule has 6 heteroatoms. The van der Waals surface area contributed by atoms with Gasteiger partial charge in [-0.25, -0.2) is 4.79 Å². The monoisotopic (exact) mass is 543 g/mol. The largest absolute Gasteiger partial charge is 0.465 e. The molecule has 0 spiro atoms. The zero-order valence-corrected chi connectivity index (χ0v) is 26.1. The Kier molecular flexibility index (Phi) is 10.3. The second-order valence-corrected chi connectivity index (χ2v) is 18.8. The molecule has 37 heavy (non-hydrogen) atoms. The molecule has 4 atom stereocenters. The fourth-order valence-electron chi connectivity index (χ4n) is 6.00. The van der Waals surface area contributed by atoms with E-state index in [2.05, 4.69) is 59.0 Å². The zero-order chi connectivity index (χ0) is 27.3. The summed E-state index contributed by atoms with van der Waals surface area (Å²) in [7, 11) is -0.436. The molecular weight excluding hydrogens is 494 g/mol. The van der Waals surface area contributed by atoms with Crippen LogP contribution >= 0.6 is 11.3 Å². The number of rotatable bonds is 12. The molecule has 4 nitrogen and oxygen atoms in total. The van der Waals surface area contributed by atoms with Crippen LogP contribution in [0.15, 0.2) is 24.3 Å². The van der Waals surface area contributed by atoms with Crippen molar-refractivity contribution in [2.45, 2.75) is 116 Å². The van der Waals surface area contributed by atoms with E-state index in [1.165, 1.54) is 49.0 Å². The third kappa shape index (κ3) is 7.16. The summed E-state index contributed by atoms with van der Waals surface area (Å²) in [5, 5.41) is 10.1. The summed E-state index contributed by atoms with van der Waals surface area (Å²) in [6, 6.07) is 6.53. The van der Waals surface area contributed by atoms with Gasteiger partial charge in [-0.3, -0.25) is 0 Å². The van der Waals surface area contributed by atoms with Crippen LogP contribution < -0.4 is 0 Å². The molecule has 0 N–H and O–H groups in total. The van der Waals surface area contributed by atoms with E-state index in [4.69, 9.17) is 9.16 Å². The average Bonchev–Trinajstić information content (AvgIpc) is 3.44. The lowest BCUT2D eigenvalue weighted by atomic mass is 9.63. The number of hydrogen-bond acceptors (Lipinski definition) is 5. The highest BCUT2D eigenvalue weighted by molar-refractivity contribution is 7.13. The lowest BCUT2D eigenvalue weighted by Crippen LogP contribution is -2.51. The van der Waals surface area contributed by atoms with Crippen LogP contribution in [0.5, 0.6) is 0 Å². The first-order valence-electron chi connectivity index (χ1n) is 14.4. The third-order valence-electron chi connectivity index (χ3n) is 9.76. The zero-order valence-electron chi connectivity index (χ0n) is 24.3. The predicted molar refractivity (Wildman–Crippen MR) is 156 cm³/mol. The Bertz CT molecular complexity index is 960. The first-order valence-corrected chi connectivity index (χ1v) is 18.1. The van der Waals surface area contributed by atoms with Gasteiger partial charge in [0.05, 0.1) is 25.2 Å². The quantitative estimate of drug-likeness (QED) is 0.150. The second-order valence-electron chi connectivity index (χ2n) is 12.9. The Morgan fingerprint density at radius 1 is 1.30 bits per heavy atom. The molecule has 0 aromatic carbocycles. The summed E-state index contributed by atoms with van der Waals surface area (Å²) in [5.41, 5.74) is 0.327. The summed E-state index contributed by atoms with van der Waals surface area (Å²) in [6.07, 6.45) is 16.4. The van der Waals surface area contributed by atoms with Crippen molar-refractivity contribution in [3.05, 3.63) is 34.0 Å². The van der Waals surface area contributed by atoms with E-state index in [1.54, 1.807) is 0 Å². The summed E-state index contributed by atoms with van der Waals surface area (Å²) in [4.78, 5) is 13.7. The van der Waals surface area contributed by atoms with Gasteiger partial charge in [-0.1, -0.05) is 46.3 Å². The number of ether oxygens (including phenoxy) is 1. The van der Waals surface area contributed by atoms with Gasteiger partial charge in [-0.15, -0.1) is 11.3 Å². The van der Waals surface area contributed by atoms with Crippen molar-refractivity contribution in [2.75, 3.05) is 7.11 Å². The van der Waals surface area contributed by atoms with Crippen LogP contribution in [0, 0.1) is 34.5 Å². The van der Waals surface area contributed by atoms with Gasteiger partial charge in [-0.05, 0) is 105 Å². The van der Waals surface area contributed by atoms with Crippen molar-refractivity contribution in [3.63, 3.8) is 0 Å². The van der Waals surface area contributed by atoms with Crippen LogP contribution in [0.4, 0.5) is 0 Å². The number of allylic oxidation sites excluding steroid dienone is 1. The molecule has 2 fully saturated rings. The maximum absolute atomic E-state index is 11.7. The summed E-state index contributed by atoms with van der Waals surface area (Å²) < 4.78 is 11.9. The number of carbonyl (C=O) groups excluding carboxylic acids is 1. The molecule has 3 rings (SSSR count). The van der Waals surface area contributed by atoms with Crippen LogP contribution in [-0.2, 0) is 15.6 Å². The first kappa shape index (κ1) is 30.1. The van der Waals surface area contributed by atoms with Gasteiger partial charge in [0.25, 0.3) is 0 Å². The Morgan fingerprint density at radius 3 is 2.59 bits per heavy atom. The molecule has 1 heterocycles. The van der Waals surface area contributed by atoms with Crippen LogP contribution in [0.25, 0.3) is 0 Å². The van der Waals surface area contributed by atoms with Crippen molar-refractivity contribution in [3.8, 4) is 6.07 Å². The number of hydrogen-bond donors (Lipinski definition) is 0. The van der Waals surface area contributed by atoms with E-state index in [1.807, 2.05) is 12.1 Å². The van der Waals surface area contributed by atoms with Crippen molar-refractivity contribution in [1.29, 1.82) is 5.26 Å². The van der Waals surface area contributed by atoms with Gasteiger partial charge < -0.3 is 9.16 Å². The van der Waals surface area contributed by atoms with E-state index in [0.717, 1.165) is 38.5 Å². The Balaban J connectivity index is 1.63. The molecule has 0 radical (unpaired) electrons. The molecule has 206 valence electrons. The van der Waals surface area contributed by atoms with Gasteiger partial charge in [0, 0.05) is 4.88 Å². The maximum Gasteiger partial charge on any atom is 0.348 e. The minimum atomic E-state index is -1.86. The Labute approximate surface area is 231 Å². The fourth-order valence-corrected chi connectivity index (χ4v) is 8.37. The molecule has 1 aromatic rings. The fraction of sp³-hybridized carbons (Fsp3) is 0.742. The predicted octanol–water partition coefficient (Wildman–Crippen LogP) is 8.94. The van der Waals surface area contributed by atoms with Gasteiger partial charge >= 0.3 is 5.97 Å². The smallest absolute Gasteiger partial charge is 0.348 e. The lowest BCUT2D eigenvalue weighted by Gasteiger charge is -2.51. The maximum atomic E-state index is 11.7. The van der Waals surface area contributed by atoms with E-state index in [0.29, 0.717) is 22.1 Å². The molecule has 1 unspecified atom stereocenters. The minimum Gasteiger partial charge on any atom is -0.465 e. The molecule has 0 saturated heterocycles. The van der Waals surface area contributed by atoms with Crippen LogP contribution in [-0.4, -0.2) is 27.5 Å². The average molecular weight is 544 g/mol. The molecule has 2 aliphatic carbocycles. The van der Waals surface area contributed by atoms with Gasteiger partial charge in [0.2, 0.25) is 0 Å². The standard InChI is InChI=1S/C31H49NO3SSi/c1-8-31(20-11-21-31)28(35-37(6,7)30(2,3)4)15-10-14-26-23(16-17-24(26)22-32)12-9-13-25-18-19-27(36-25)29(33)34-5/h10,14,18-19,23-24,26,28H,8-9,11-13,15-17,20-21H2,1-7H3/b14-10+/t23-,24+,26+,28?/m0/s1. The molecule has 0 bridgehead atoms. The number of methoxy groups -OCH3 is 1. The number of nitrogens with zero attached hydrogens (tertiary/aromatic N) is 1. The van der Waals surface area contributed by atoms with Crippen LogP contribution in [0.3, 0.4) is 0 Å². The topological polar surface area (TPSA) is 59.3 Å². The highest BCUT2D eigenvalue weighted by atomic mass is 32.1. The van der Waals surface area contributed by atoms with Crippen molar-refractivity contribution < 1.29 is 14.0 Å². The normalized spacial score (nSPS) is 24.5. The van der Waals surface area contributed by atoms with E-state index in [-0.39, 0.29) is 23.0 Å².